The van der Waals surface area contributed by atoms with E-state index < -0.39 is 18.0 Å². The van der Waals surface area contributed by atoms with Crippen molar-refractivity contribution in [2.75, 3.05) is 0 Å². The maximum absolute atomic E-state index is 11.5. The second-order valence-electron chi connectivity index (χ2n) is 3.70. The molecule has 0 aromatic carbocycles. The van der Waals surface area contributed by atoms with E-state index in [-0.39, 0.29) is 0 Å². The number of thiazole rings is 1. The van der Waals surface area contributed by atoms with Crippen molar-refractivity contribution in [3.8, 4) is 0 Å². The van der Waals surface area contributed by atoms with Gasteiger partial charge in [0.05, 0.1) is 6.54 Å². The average molecular weight is 271 g/mol. The first-order chi connectivity index (χ1) is 8.56. The van der Waals surface area contributed by atoms with Crippen molar-refractivity contribution >= 4 is 23.3 Å². The van der Waals surface area contributed by atoms with Crippen molar-refractivity contribution in [3.63, 3.8) is 0 Å². The minimum atomic E-state index is -1.03. The minimum Gasteiger partial charge on any atom is -0.480 e. The number of rotatable bonds is 6. The number of aromatic nitrogens is 1. The lowest BCUT2D eigenvalue weighted by Crippen LogP contribution is -2.45. The molecular formula is C11H17N3O3S. The third kappa shape index (κ3) is 4.33. The van der Waals surface area contributed by atoms with Gasteiger partial charge in [0.25, 0.3) is 0 Å². The number of carboxylic acids is 1. The zero-order valence-electron chi connectivity index (χ0n) is 10.4. The Labute approximate surface area is 109 Å². The Balaban J connectivity index is 2.38. The molecule has 2 amide bonds. The third-order valence-corrected chi connectivity index (χ3v) is 3.50. The fourth-order valence-corrected chi connectivity index (χ4v) is 2.10. The second-order valence-corrected chi connectivity index (χ2v) is 4.90. The van der Waals surface area contributed by atoms with Crippen LogP contribution in [-0.2, 0) is 17.8 Å². The molecule has 1 heterocycles. The summed E-state index contributed by atoms with van der Waals surface area (Å²) in [5.41, 5.74) is 0. The van der Waals surface area contributed by atoms with Crippen molar-refractivity contribution in [2.45, 2.75) is 39.3 Å². The molecule has 1 atom stereocenters. The topological polar surface area (TPSA) is 91.3 Å². The van der Waals surface area contributed by atoms with Gasteiger partial charge >= 0.3 is 12.0 Å². The lowest BCUT2D eigenvalue weighted by molar-refractivity contribution is -0.139. The molecule has 0 spiro atoms. The van der Waals surface area contributed by atoms with Crippen LogP contribution in [0.4, 0.5) is 4.79 Å². The zero-order valence-corrected chi connectivity index (χ0v) is 11.2. The van der Waals surface area contributed by atoms with Gasteiger partial charge in [-0.25, -0.2) is 14.6 Å². The number of nitrogens with one attached hydrogen (secondary N) is 2. The molecular weight excluding hydrogens is 254 g/mol. The number of carboxylic acid groups (broad SMARTS) is 1. The molecule has 7 heteroatoms. The molecule has 0 bridgehead atoms. The molecule has 18 heavy (non-hydrogen) atoms. The summed E-state index contributed by atoms with van der Waals surface area (Å²) >= 11 is 1.54. The van der Waals surface area contributed by atoms with E-state index in [0.717, 1.165) is 16.3 Å². The summed E-state index contributed by atoms with van der Waals surface area (Å²) < 4.78 is 0. The Hall–Kier alpha value is -1.63. The molecule has 6 nitrogen and oxygen atoms in total. The molecule has 0 saturated carbocycles. The highest BCUT2D eigenvalue weighted by atomic mass is 32.1. The molecule has 0 saturated heterocycles. The highest BCUT2D eigenvalue weighted by molar-refractivity contribution is 7.11. The first-order valence-corrected chi connectivity index (χ1v) is 6.59. The van der Waals surface area contributed by atoms with Crippen LogP contribution in [0.2, 0.25) is 0 Å². The van der Waals surface area contributed by atoms with E-state index in [4.69, 9.17) is 5.11 Å². The summed E-state index contributed by atoms with van der Waals surface area (Å²) in [6.07, 6.45) is 3.05. The summed E-state index contributed by atoms with van der Waals surface area (Å²) in [6, 6.07) is -1.34. The van der Waals surface area contributed by atoms with Crippen molar-refractivity contribution < 1.29 is 14.7 Å². The fraction of sp³-hybridized carbons (Fsp3) is 0.545. The molecule has 0 aliphatic rings. The predicted molar refractivity (Wildman–Crippen MR) is 68.6 cm³/mol. The average Bonchev–Trinajstić information content (AvgIpc) is 2.81. The Bertz CT molecular complexity index is 419. The highest BCUT2D eigenvalue weighted by Crippen LogP contribution is 2.12. The zero-order chi connectivity index (χ0) is 13.5. The lowest BCUT2D eigenvalue weighted by Gasteiger charge is -2.12. The van der Waals surface area contributed by atoms with Crippen LogP contribution in [0.5, 0.6) is 0 Å². The maximum atomic E-state index is 11.5. The number of nitrogens with zero attached hydrogens (tertiary/aromatic N) is 1. The molecule has 100 valence electrons. The van der Waals surface area contributed by atoms with Gasteiger partial charge in [0.1, 0.15) is 11.0 Å². The van der Waals surface area contributed by atoms with Gasteiger partial charge in [0.2, 0.25) is 0 Å². The lowest BCUT2D eigenvalue weighted by atomic mass is 10.2. The van der Waals surface area contributed by atoms with E-state index in [1.54, 1.807) is 13.1 Å². The quantitative estimate of drug-likeness (QED) is 0.728. The predicted octanol–water partition coefficient (Wildman–Crippen LogP) is 1.37. The summed E-state index contributed by atoms with van der Waals surface area (Å²) in [7, 11) is 0. The summed E-state index contributed by atoms with van der Waals surface area (Å²) in [5.74, 6) is -1.03. The number of carbonyl (C=O) groups is 2. The first-order valence-electron chi connectivity index (χ1n) is 5.77. The van der Waals surface area contributed by atoms with Gasteiger partial charge in [-0.05, 0) is 12.8 Å². The van der Waals surface area contributed by atoms with Gasteiger partial charge in [0, 0.05) is 11.1 Å². The monoisotopic (exact) mass is 271 g/mol. The molecule has 1 rings (SSSR count). The van der Waals surface area contributed by atoms with E-state index in [2.05, 4.69) is 15.6 Å². The van der Waals surface area contributed by atoms with E-state index in [1.807, 2.05) is 6.92 Å². The van der Waals surface area contributed by atoms with Gasteiger partial charge in [-0.2, -0.15) is 0 Å². The Morgan fingerprint density at radius 2 is 2.22 bits per heavy atom. The van der Waals surface area contributed by atoms with Crippen LogP contribution in [0.3, 0.4) is 0 Å². The normalized spacial score (nSPS) is 11.9. The Morgan fingerprint density at radius 3 is 2.72 bits per heavy atom. The Kier molecular flexibility index (Phi) is 5.57. The van der Waals surface area contributed by atoms with Crippen LogP contribution in [0, 0.1) is 0 Å². The van der Waals surface area contributed by atoms with Crippen LogP contribution >= 0.6 is 11.3 Å². The number of amides is 2. The maximum Gasteiger partial charge on any atom is 0.326 e. The van der Waals surface area contributed by atoms with E-state index in [9.17, 15) is 9.59 Å². The molecule has 0 unspecified atom stereocenters. The number of urea groups is 1. The Morgan fingerprint density at radius 1 is 1.50 bits per heavy atom. The molecule has 0 aliphatic heterocycles. The number of aliphatic carboxylic acids is 1. The number of hydrogen-bond donors (Lipinski definition) is 3. The number of carbonyl (C=O) groups excluding carboxylic acids is 1. The van der Waals surface area contributed by atoms with Crippen LogP contribution in [0.1, 0.15) is 30.2 Å². The summed E-state index contributed by atoms with van der Waals surface area (Å²) in [6.45, 7) is 4.05. The molecule has 0 radical (unpaired) electrons. The smallest absolute Gasteiger partial charge is 0.326 e. The standard InChI is InChI=1S/C11H17N3O3S/c1-3-7-5-12-9(18-7)6-13-11(17)14-8(4-2)10(15)16/h5,8H,3-4,6H2,1-2H3,(H,15,16)(H2,13,14,17)/t8-/m1/s1. The van der Waals surface area contributed by atoms with E-state index in [1.165, 1.54) is 11.3 Å². The van der Waals surface area contributed by atoms with Crippen LogP contribution in [0.15, 0.2) is 6.20 Å². The number of aryl methyl sites for hydroxylation is 1. The fourth-order valence-electron chi connectivity index (χ4n) is 1.30. The van der Waals surface area contributed by atoms with Crippen LogP contribution < -0.4 is 10.6 Å². The van der Waals surface area contributed by atoms with Gasteiger partial charge in [-0.3, -0.25) is 0 Å². The largest absolute Gasteiger partial charge is 0.480 e. The molecule has 0 aliphatic carbocycles. The van der Waals surface area contributed by atoms with E-state index >= 15 is 0 Å². The summed E-state index contributed by atoms with van der Waals surface area (Å²) in [4.78, 5) is 27.5. The van der Waals surface area contributed by atoms with Gasteiger partial charge in [-0.15, -0.1) is 11.3 Å². The van der Waals surface area contributed by atoms with Gasteiger partial charge in [-0.1, -0.05) is 13.8 Å². The van der Waals surface area contributed by atoms with Crippen LogP contribution in [0.25, 0.3) is 0 Å². The van der Waals surface area contributed by atoms with Crippen molar-refractivity contribution in [2.24, 2.45) is 0 Å². The van der Waals surface area contributed by atoms with Gasteiger partial charge < -0.3 is 15.7 Å². The molecule has 0 fully saturated rings. The second kappa shape index (κ2) is 6.95. The molecule has 1 aromatic heterocycles. The van der Waals surface area contributed by atoms with Crippen molar-refractivity contribution in [1.82, 2.24) is 15.6 Å². The van der Waals surface area contributed by atoms with Gasteiger partial charge in [0.15, 0.2) is 0 Å². The third-order valence-electron chi connectivity index (χ3n) is 2.36. The minimum absolute atomic E-state index is 0.312. The van der Waals surface area contributed by atoms with E-state index in [0.29, 0.717) is 13.0 Å². The summed E-state index contributed by atoms with van der Waals surface area (Å²) in [5, 5.41) is 14.6. The first kappa shape index (κ1) is 14.4. The molecule has 1 aromatic rings. The van der Waals surface area contributed by atoms with Crippen LogP contribution in [-0.4, -0.2) is 28.1 Å². The number of hydrogen-bond acceptors (Lipinski definition) is 4. The highest BCUT2D eigenvalue weighted by Gasteiger charge is 2.17. The molecule has 3 N–H and O–H groups in total. The van der Waals surface area contributed by atoms with Crippen molar-refractivity contribution in [1.29, 1.82) is 0 Å². The van der Waals surface area contributed by atoms with Crippen molar-refractivity contribution in [3.05, 3.63) is 16.1 Å². The SMILES string of the molecule is CCc1cnc(CNC(=O)N[C@H](CC)C(=O)O)s1.